The SMILES string of the molecule is O=c1[nH]c(SCc2ccccc2)c2c(c1Cl)CCCC2. The second-order valence-electron chi connectivity index (χ2n) is 5.04. The van der Waals surface area contributed by atoms with Gasteiger partial charge < -0.3 is 4.98 Å². The Morgan fingerprint density at radius 2 is 1.80 bits per heavy atom. The summed E-state index contributed by atoms with van der Waals surface area (Å²) in [4.78, 5) is 14.9. The Kier molecular flexibility index (Phi) is 4.18. The smallest absolute Gasteiger partial charge is 0.267 e. The molecule has 0 radical (unpaired) electrons. The van der Waals surface area contributed by atoms with Crippen molar-refractivity contribution in [3.63, 3.8) is 0 Å². The summed E-state index contributed by atoms with van der Waals surface area (Å²) in [7, 11) is 0. The van der Waals surface area contributed by atoms with E-state index < -0.39 is 0 Å². The zero-order valence-electron chi connectivity index (χ0n) is 11.1. The summed E-state index contributed by atoms with van der Waals surface area (Å²) in [5, 5.41) is 1.39. The summed E-state index contributed by atoms with van der Waals surface area (Å²) in [5.74, 6) is 0.866. The molecular formula is C16H16ClNOS. The molecule has 1 aliphatic rings. The molecule has 0 aliphatic heterocycles. The molecule has 4 heteroatoms. The van der Waals surface area contributed by atoms with Crippen LogP contribution < -0.4 is 5.56 Å². The summed E-state index contributed by atoms with van der Waals surface area (Å²) in [6, 6.07) is 10.3. The molecule has 1 heterocycles. The lowest BCUT2D eigenvalue weighted by Crippen LogP contribution is -2.17. The second-order valence-corrected chi connectivity index (χ2v) is 6.40. The fraction of sp³-hybridized carbons (Fsp3) is 0.312. The van der Waals surface area contributed by atoms with Crippen LogP contribution in [-0.4, -0.2) is 4.98 Å². The van der Waals surface area contributed by atoms with Crippen LogP contribution in [0, 0.1) is 0 Å². The van der Waals surface area contributed by atoms with Crippen LogP contribution >= 0.6 is 23.4 Å². The maximum absolute atomic E-state index is 11.9. The van der Waals surface area contributed by atoms with Gasteiger partial charge in [-0.15, -0.1) is 11.8 Å². The predicted molar refractivity (Wildman–Crippen MR) is 84.7 cm³/mol. The molecule has 1 aromatic carbocycles. The number of halogens is 1. The number of fused-ring (bicyclic) bond motifs is 1. The summed E-state index contributed by atoms with van der Waals surface area (Å²) in [6.45, 7) is 0. The molecule has 0 amide bonds. The Balaban J connectivity index is 1.90. The zero-order chi connectivity index (χ0) is 13.9. The first-order valence-corrected chi connectivity index (χ1v) is 8.22. The van der Waals surface area contributed by atoms with Gasteiger partial charge in [-0.1, -0.05) is 41.9 Å². The molecule has 2 aromatic rings. The van der Waals surface area contributed by atoms with Crippen molar-refractivity contribution in [2.45, 2.75) is 36.5 Å². The largest absolute Gasteiger partial charge is 0.316 e. The van der Waals surface area contributed by atoms with Crippen molar-refractivity contribution in [1.82, 2.24) is 4.98 Å². The van der Waals surface area contributed by atoms with E-state index in [-0.39, 0.29) is 5.56 Å². The van der Waals surface area contributed by atoms with Gasteiger partial charge in [0.2, 0.25) is 0 Å². The number of pyridine rings is 1. The third-order valence-electron chi connectivity index (χ3n) is 3.66. The number of benzene rings is 1. The maximum Gasteiger partial charge on any atom is 0.267 e. The zero-order valence-corrected chi connectivity index (χ0v) is 12.7. The number of aromatic nitrogens is 1. The van der Waals surface area contributed by atoms with Crippen molar-refractivity contribution in [2.24, 2.45) is 0 Å². The summed E-state index contributed by atoms with van der Waals surface area (Å²) < 4.78 is 0. The van der Waals surface area contributed by atoms with Crippen LogP contribution in [0.2, 0.25) is 5.02 Å². The Labute approximate surface area is 127 Å². The van der Waals surface area contributed by atoms with Gasteiger partial charge in [-0.2, -0.15) is 0 Å². The minimum absolute atomic E-state index is 0.150. The average Bonchev–Trinajstić information content (AvgIpc) is 2.50. The monoisotopic (exact) mass is 305 g/mol. The van der Waals surface area contributed by atoms with Gasteiger partial charge in [-0.3, -0.25) is 4.79 Å². The second kappa shape index (κ2) is 6.06. The highest BCUT2D eigenvalue weighted by atomic mass is 35.5. The Bertz CT molecular complexity index is 666. The van der Waals surface area contributed by atoms with Crippen LogP contribution in [0.25, 0.3) is 0 Å². The highest BCUT2D eigenvalue weighted by Crippen LogP contribution is 2.33. The number of hydrogen-bond donors (Lipinski definition) is 1. The Morgan fingerprint density at radius 3 is 2.55 bits per heavy atom. The van der Waals surface area contributed by atoms with Crippen molar-refractivity contribution in [3.8, 4) is 0 Å². The normalized spacial score (nSPS) is 14.1. The summed E-state index contributed by atoms with van der Waals surface area (Å²) in [6.07, 6.45) is 4.24. The Morgan fingerprint density at radius 1 is 1.10 bits per heavy atom. The molecule has 20 heavy (non-hydrogen) atoms. The molecule has 0 fully saturated rings. The van der Waals surface area contributed by atoms with Crippen molar-refractivity contribution in [3.05, 3.63) is 62.4 Å². The van der Waals surface area contributed by atoms with E-state index >= 15 is 0 Å². The molecule has 104 valence electrons. The van der Waals surface area contributed by atoms with Crippen molar-refractivity contribution < 1.29 is 0 Å². The standard InChI is InChI=1S/C16H16ClNOS/c17-14-12-8-4-5-9-13(12)16(18-15(14)19)20-10-11-6-2-1-3-7-11/h1-3,6-7H,4-5,8-10H2,(H,18,19). The quantitative estimate of drug-likeness (QED) is 0.862. The van der Waals surface area contributed by atoms with Crippen LogP contribution in [0.15, 0.2) is 40.2 Å². The van der Waals surface area contributed by atoms with Gasteiger partial charge in [0.15, 0.2) is 0 Å². The van der Waals surface area contributed by atoms with Crippen LogP contribution in [0.1, 0.15) is 29.5 Å². The molecule has 1 aliphatic carbocycles. The highest BCUT2D eigenvalue weighted by Gasteiger charge is 2.19. The molecule has 1 aromatic heterocycles. The maximum atomic E-state index is 11.9. The van der Waals surface area contributed by atoms with E-state index in [0.29, 0.717) is 5.02 Å². The summed E-state index contributed by atoms with van der Waals surface area (Å²) in [5.41, 5.74) is 3.43. The van der Waals surface area contributed by atoms with Crippen LogP contribution in [0.5, 0.6) is 0 Å². The molecule has 2 nitrogen and oxygen atoms in total. The number of thioether (sulfide) groups is 1. The molecule has 1 N–H and O–H groups in total. The third kappa shape index (κ3) is 2.79. The highest BCUT2D eigenvalue weighted by molar-refractivity contribution is 7.98. The van der Waals surface area contributed by atoms with E-state index in [1.807, 2.05) is 18.2 Å². The van der Waals surface area contributed by atoms with E-state index in [4.69, 9.17) is 11.6 Å². The lowest BCUT2D eigenvalue weighted by molar-refractivity contribution is 0.665. The first kappa shape index (κ1) is 13.8. The first-order valence-electron chi connectivity index (χ1n) is 6.86. The molecule has 0 saturated heterocycles. The molecular weight excluding hydrogens is 290 g/mol. The minimum Gasteiger partial charge on any atom is -0.316 e. The molecule has 0 unspecified atom stereocenters. The van der Waals surface area contributed by atoms with Crippen molar-refractivity contribution in [1.29, 1.82) is 0 Å². The van der Waals surface area contributed by atoms with Gasteiger partial charge in [0, 0.05) is 5.75 Å². The number of hydrogen-bond acceptors (Lipinski definition) is 2. The minimum atomic E-state index is -0.150. The van der Waals surface area contributed by atoms with E-state index in [1.165, 1.54) is 17.5 Å². The third-order valence-corrected chi connectivity index (χ3v) is 5.17. The fourth-order valence-corrected chi connectivity index (χ4v) is 3.95. The van der Waals surface area contributed by atoms with E-state index in [9.17, 15) is 4.79 Å². The van der Waals surface area contributed by atoms with Crippen molar-refractivity contribution in [2.75, 3.05) is 0 Å². The van der Waals surface area contributed by atoms with E-state index in [2.05, 4.69) is 17.1 Å². The van der Waals surface area contributed by atoms with Crippen molar-refractivity contribution >= 4 is 23.4 Å². The predicted octanol–water partition coefficient (Wildman–Crippen LogP) is 4.20. The number of aromatic amines is 1. The molecule has 0 saturated carbocycles. The van der Waals surface area contributed by atoms with Gasteiger partial charge in [-0.25, -0.2) is 0 Å². The van der Waals surface area contributed by atoms with E-state index in [1.54, 1.807) is 11.8 Å². The lowest BCUT2D eigenvalue weighted by Gasteiger charge is -2.19. The van der Waals surface area contributed by atoms with Crippen LogP contribution in [-0.2, 0) is 18.6 Å². The molecule has 0 atom stereocenters. The van der Waals surface area contributed by atoms with Gasteiger partial charge >= 0.3 is 0 Å². The first-order chi connectivity index (χ1) is 9.75. The fourth-order valence-electron chi connectivity index (χ4n) is 2.62. The van der Waals surface area contributed by atoms with Gasteiger partial charge in [-0.05, 0) is 42.4 Å². The van der Waals surface area contributed by atoms with Gasteiger partial charge in [0.25, 0.3) is 5.56 Å². The molecule has 3 rings (SSSR count). The topological polar surface area (TPSA) is 32.9 Å². The number of nitrogens with one attached hydrogen (secondary N) is 1. The molecule has 0 bridgehead atoms. The van der Waals surface area contributed by atoms with Gasteiger partial charge in [0.05, 0.1) is 5.03 Å². The average molecular weight is 306 g/mol. The number of H-pyrrole nitrogens is 1. The van der Waals surface area contributed by atoms with E-state index in [0.717, 1.165) is 35.6 Å². The number of rotatable bonds is 3. The molecule has 0 spiro atoms. The summed E-state index contributed by atoms with van der Waals surface area (Å²) >= 11 is 7.84. The lowest BCUT2D eigenvalue weighted by atomic mass is 9.93. The van der Waals surface area contributed by atoms with Gasteiger partial charge in [0.1, 0.15) is 5.02 Å². The van der Waals surface area contributed by atoms with Crippen LogP contribution in [0.4, 0.5) is 0 Å². The Hall–Kier alpha value is -1.19. The van der Waals surface area contributed by atoms with Crippen LogP contribution in [0.3, 0.4) is 0 Å².